The maximum absolute atomic E-state index is 6.67. The number of aromatic nitrogens is 1. The zero-order valence-electron chi connectivity index (χ0n) is 22.8. The van der Waals surface area contributed by atoms with Crippen LogP contribution in [0.2, 0.25) is 0 Å². The molecule has 0 atom stereocenters. The zero-order valence-corrected chi connectivity index (χ0v) is 22.8. The number of ether oxygens (including phenoxy) is 1. The highest BCUT2D eigenvalue weighted by Crippen LogP contribution is 2.52. The van der Waals surface area contributed by atoms with Crippen LogP contribution < -0.4 is 9.64 Å². The van der Waals surface area contributed by atoms with Crippen LogP contribution in [0.3, 0.4) is 0 Å². The monoisotopic (exact) mass is 538 g/mol. The van der Waals surface area contributed by atoms with Crippen molar-refractivity contribution in [1.29, 1.82) is 0 Å². The molecule has 0 spiro atoms. The van der Waals surface area contributed by atoms with Crippen LogP contribution in [0.1, 0.15) is 0 Å². The van der Waals surface area contributed by atoms with Crippen LogP contribution in [0.5, 0.6) is 11.5 Å². The lowest BCUT2D eigenvalue weighted by atomic mass is 10.00. The van der Waals surface area contributed by atoms with Crippen LogP contribution in [-0.4, -0.2) is 4.98 Å². The zero-order chi connectivity index (χ0) is 27.9. The number of pyridine rings is 1. The fourth-order valence-electron chi connectivity index (χ4n) is 5.85. The molecule has 1 aromatic heterocycles. The van der Waals surface area contributed by atoms with E-state index in [-0.39, 0.29) is 0 Å². The summed E-state index contributed by atoms with van der Waals surface area (Å²) in [5.74, 6) is 1.64. The van der Waals surface area contributed by atoms with E-state index in [1.54, 1.807) is 0 Å². The number of hydrogen-bond donors (Lipinski definition) is 0. The molecule has 0 aliphatic carbocycles. The van der Waals surface area contributed by atoms with Gasteiger partial charge in [-0.2, -0.15) is 0 Å². The number of benzene rings is 6. The van der Waals surface area contributed by atoms with Crippen molar-refractivity contribution in [3.8, 4) is 45.0 Å². The summed E-state index contributed by atoms with van der Waals surface area (Å²) in [5, 5.41) is 2.32. The Kier molecular flexibility index (Phi) is 5.79. The van der Waals surface area contributed by atoms with Gasteiger partial charge in [0.1, 0.15) is 0 Å². The largest absolute Gasteiger partial charge is 0.453 e. The summed E-state index contributed by atoms with van der Waals surface area (Å²) < 4.78 is 6.67. The van der Waals surface area contributed by atoms with Crippen molar-refractivity contribution in [2.24, 2.45) is 0 Å². The number of hydrogen-bond acceptors (Lipinski definition) is 3. The summed E-state index contributed by atoms with van der Waals surface area (Å²) in [7, 11) is 0. The average Bonchev–Trinajstić information content (AvgIpc) is 3.07. The van der Waals surface area contributed by atoms with Gasteiger partial charge in [0.2, 0.25) is 0 Å². The van der Waals surface area contributed by atoms with E-state index < -0.39 is 0 Å². The maximum atomic E-state index is 6.67. The van der Waals surface area contributed by atoms with E-state index in [4.69, 9.17) is 9.72 Å². The highest BCUT2D eigenvalue weighted by atomic mass is 16.5. The molecule has 8 rings (SSSR count). The minimum Gasteiger partial charge on any atom is -0.453 e. The molecule has 0 bridgehead atoms. The summed E-state index contributed by atoms with van der Waals surface area (Å²) in [6, 6.07) is 52.9. The molecule has 0 saturated heterocycles. The number of anilines is 3. The van der Waals surface area contributed by atoms with Crippen molar-refractivity contribution < 1.29 is 4.74 Å². The lowest BCUT2D eigenvalue weighted by molar-refractivity contribution is 0.477. The van der Waals surface area contributed by atoms with Gasteiger partial charge in [-0.15, -0.1) is 0 Å². The molecule has 42 heavy (non-hydrogen) atoms. The molecule has 0 fully saturated rings. The highest BCUT2D eigenvalue weighted by Gasteiger charge is 2.27. The van der Waals surface area contributed by atoms with Crippen LogP contribution in [0.4, 0.5) is 17.1 Å². The van der Waals surface area contributed by atoms with E-state index in [0.29, 0.717) is 0 Å². The van der Waals surface area contributed by atoms with Gasteiger partial charge in [-0.25, -0.2) is 0 Å². The van der Waals surface area contributed by atoms with Crippen molar-refractivity contribution >= 4 is 27.8 Å². The predicted octanol–water partition coefficient (Wildman–Crippen LogP) is 10.8. The molecule has 0 amide bonds. The normalized spacial score (nSPS) is 12.0. The average molecular weight is 539 g/mol. The van der Waals surface area contributed by atoms with Gasteiger partial charge in [0.15, 0.2) is 11.5 Å². The third-order valence-corrected chi connectivity index (χ3v) is 7.89. The maximum Gasteiger partial charge on any atom is 0.152 e. The van der Waals surface area contributed by atoms with Gasteiger partial charge in [-0.1, -0.05) is 109 Å². The third-order valence-electron chi connectivity index (χ3n) is 7.89. The molecule has 7 aromatic rings. The van der Waals surface area contributed by atoms with Gasteiger partial charge in [0, 0.05) is 22.8 Å². The summed E-state index contributed by atoms with van der Waals surface area (Å²) >= 11 is 0. The summed E-state index contributed by atoms with van der Waals surface area (Å²) in [6.45, 7) is 0. The molecule has 2 heterocycles. The number of fused-ring (bicyclic) bond motifs is 3. The molecule has 1 aliphatic rings. The molecule has 1 aliphatic heterocycles. The van der Waals surface area contributed by atoms with Gasteiger partial charge in [0.25, 0.3) is 0 Å². The first-order chi connectivity index (χ1) is 20.8. The van der Waals surface area contributed by atoms with Crippen LogP contribution in [0, 0.1) is 0 Å². The molecular formula is C39H26N2O. The van der Waals surface area contributed by atoms with Crippen molar-refractivity contribution in [3.05, 3.63) is 158 Å². The van der Waals surface area contributed by atoms with Gasteiger partial charge in [-0.3, -0.25) is 4.98 Å². The molecule has 0 radical (unpaired) electrons. The standard InChI is InChI=1S/C39H26N2O/c1-3-10-27(11-4-1)30-18-20-35-37(25-30)42-38-26-31(28-12-5-2-6-13-28)19-21-36(38)41(35)33-16-9-15-32(24-33)39-34-17-8-7-14-29(34)22-23-40-39/h1-26H. The first kappa shape index (κ1) is 24.2. The van der Waals surface area contributed by atoms with Crippen molar-refractivity contribution in [3.63, 3.8) is 0 Å². The Morgan fingerprint density at radius 3 is 1.71 bits per heavy atom. The second kappa shape index (κ2) is 10.1. The fraction of sp³-hybridized carbons (Fsp3) is 0. The second-order valence-corrected chi connectivity index (χ2v) is 10.5. The van der Waals surface area contributed by atoms with Crippen molar-refractivity contribution in [2.75, 3.05) is 4.90 Å². The van der Waals surface area contributed by atoms with Crippen LogP contribution in [-0.2, 0) is 0 Å². The van der Waals surface area contributed by atoms with Crippen molar-refractivity contribution in [2.45, 2.75) is 0 Å². The summed E-state index contributed by atoms with van der Waals surface area (Å²) in [5.41, 5.74) is 9.63. The Labute approximate surface area is 244 Å². The highest BCUT2D eigenvalue weighted by molar-refractivity contribution is 5.96. The molecular weight excluding hydrogens is 512 g/mol. The fourth-order valence-corrected chi connectivity index (χ4v) is 5.85. The Hall–Kier alpha value is -5.67. The van der Waals surface area contributed by atoms with Gasteiger partial charge < -0.3 is 9.64 Å². The van der Waals surface area contributed by atoms with E-state index in [0.717, 1.165) is 67.5 Å². The smallest absolute Gasteiger partial charge is 0.152 e. The van der Waals surface area contributed by atoms with Crippen molar-refractivity contribution in [1.82, 2.24) is 4.98 Å². The molecule has 3 nitrogen and oxygen atoms in total. The van der Waals surface area contributed by atoms with Crippen LogP contribution >= 0.6 is 0 Å². The van der Waals surface area contributed by atoms with Gasteiger partial charge >= 0.3 is 0 Å². The molecule has 0 N–H and O–H groups in total. The minimum atomic E-state index is 0.822. The summed E-state index contributed by atoms with van der Waals surface area (Å²) in [4.78, 5) is 7.10. The summed E-state index contributed by atoms with van der Waals surface area (Å²) in [6.07, 6.45) is 1.89. The molecule has 3 heteroatoms. The van der Waals surface area contributed by atoms with Gasteiger partial charge in [-0.05, 0) is 70.1 Å². The van der Waals surface area contributed by atoms with E-state index in [1.165, 1.54) is 5.39 Å². The predicted molar refractivity (Wildman–Crippen MR) is 173 cm³/mol. The SMILES string of the molecule is c1ccc(-c2ccc3c(c2)Oc2cc(-c4ccccc4)ccc2N3c2cccc(-c3nccc4ccccc34)c2)cc1. The molecule has 0 saturated carbocycles. The molecule has 0 unspecified atom stereocenters. The Balaban J connectivity index is 1.30. The minimum absolute atomic E-state index is 0.822. The Morgan fingerprint density at radius 2 is 1.05 bits per heavy atom. The van der Waals surface area contributed by atoms with E-state index >= 15 is 0 Å². The Bertz CT molecular complexity index is 1970. The lowest BCUT2D eigenvalue weighted by Gasteiger charge is -2.33. The van der Waals surface area contributed by atoms with Gasteiger partial charge in [0.05, 0.1) is 17.1 Å². The first-order valence-electron chi connectivity index (χ1n) is 14.1. The van der Waals surface area contributed by atoms with E-state index in [9.17, 15) is 0 Å². The van der Waals surface area contributed by atoms with Crippen LogP contribution in [0.15, 0.2) is 158 Å². The quantitative estimate of drug-likeness (QED) is 0.223. The van der Waals surface area contributed by atoms with E-state index in [1.807, 2.05) is 18.3 Å². The van der Waals surface area contributed by atoms with E-state index in [2.05, 4.69) is 144 Å². The molecule has 6 aromatic carbocycles. The van der Waals surface area contributed by atoms with Crippen LogP contribution in [0.25, 0.3) is 44.3 Å². The molecule has 198 valence electrons. The second-order valence-electron chi connectivity index (χ2n) is 10.5. The number of nitrogens with zero attached hydrogens (tertiary/aromatic N) is 2. The third kappa shape index (κ3) is 4.20. The lowest BCUT2D eigenvalue weighted by Crippen LogP contribution is -2.16. The topological polar surface area (TPSA) is 25.4 Å². The number of rotatable bonds is 4. The Morgan fingerprint density at radius 1 is 0.452 bits per heavy atom. The first-order valence-corrected chi connectivity index (χ1v) is 14.1.